The third kappa shape index (κ3) is 2.10. The molecule has 116 valence electrons. The number of aromatic amines is 1. The third-order valence-electron chi connectivity index (χ3n) is 4.34. The molecule has 2 aliphatic rings. The molecule has 0 aromatic carbocycles. The average molecular weight is 319 g/mol. The summed E-state index contributed by atoms with van der Waals surface area (Å²) in [5, 5.41) is 0.00406. The van der Waals surface area contributed by atoms with Gasteiger partial charge in [-0.05, 0) is 18.9 Å². The second-order valence-electron chi connectivity index (χ2n) is 5.67. The third-order valence-corrected chi connectivity index (χ3v) is 6.01. The lowest BCUT2D eigenvalue weighted by Gasteiger charge is -2.26. The van der Waals surface area contributed by atoms with E-state index >= 15 is 0 Å². The second kappa shape index (κ2) is 5.06. The van der Waals surface area contributed by atoms with Gasteiger partial charge in [-0.2, -0.15) is 4.31 Å². The van der Waals surface area contributed by atoms with Gasteiger partial charge in [0.1, 0.15) is 5.82 Å². The number of nitrogens with zero attached hydrogens (tertiary/aromatic N) is 4. The molecule has 0 amide bonds. The Morgan fingerprint density at radius 2 is 2.18 bits per heavy atom. The van der Waals surface area contributed by atoms with Crippen LogP contribution in [0.2, 0.25) is 0 Å². The van der Waals surface area contributed by atoms with Gasteiger partial charge in [0.05, 0.1) is 0 Å². The van der Waals surface area contributed by atoms with E-state index in [2.05, 4.69) is 19.9 Å². The maximum absolute atomic E-state index is 12.8. The van der Waals surface area contributed by atoms with E-state index in [0.29, 0.717) is 13.1 Å². The van der Waals surface area contributed by atoms with Gasteiger partial charge in [-0.3, -0.25) is 0 Å². The molecule has 1 saturated heterocycles. The zero-order chi connectivity index (χ0) is 15.2. The number of H-pyrrole nitrogens is 1. The molecule has 0 spiro atoms. The van der Waals surface area contributed by atoms with E-state index in [0.717, 1.165) is 30.8 Å². The fraction of sp³-hybridized carbons (Fsp3) is 0.429. The van der Waals surface area contributed by atoms with Crippen molar-refractivity contribution in [3.8, 4) is 0 Å². The zero-order valence-corrected chi connectivity index (χ0v) is 12.8. The van der Waals surface area contributed by atoms with Crippen molar-refractivity contribution in [3.05, 3.63) is 36.3 Å². The lowest BCUT2D eigenvalue weighted by atomic mass is 10.2. The highest BCUT2D eigenvalue weighted by atomic mass is 32.2. The van der Waals surface area contributed by atoms with Crippen LogP contribution in [-0.4, -0.2) is 46.8 Å². The highest BCUT2D eigenvalue weighted by Gasteiger charge is 2.37. The Morgan fingerprint density at radius 1 is 1.27 bits per heavy atom. The number of imidazole rings is 1. The van der Waals surface area contributed by atoms with Crippen LogP contribution < -0.4 is 4.90 Å². The number of pyridine rings is 1. The number of nitrogens with one attached hydrogen (secondary N) is 1. The van der Waals surface area contributed by atoms with Gasteiger partial charge >= 0.3 is 0 Å². The highest BCUT2D eigenvalue weighted by Crippen LogP contribution is 2.33. The molecule has 2 aliphatic heterocycles. The number of aromatic nitrogens is 3. The molecule has 2 aromatic heterocycles. The summed E-state index contributed by atoms with van der Waals surface area (Å²) in [5.41, 5.74) is 0.946. The average Bonchev–Trinajstić information content (AvgIpc) is 3.17. The van der Waals surface area contributed by atoms with E-state index in [1.54, 1.807) is 6.20 Å². The molecule has 22 heavy (non-hydrogen) atoms. The molecule has 8 heteroatoms. The van der Waals surface area contributed by atoms with E-state index in [-0.39, 0.29) is 11.2 Å². The van der Waals surface area contributed by atoms with Gasteiger partial charge in [-0.25, -0.2) is 18.4 Å². The van der Waals surface area contributed by atoms with Gasteiger partial charge in [0.15, 0.2) is 0 Å². The number of sulfonamides is 1. The van der Waals surface area contributed by atoms with Crippen LogP contribution in [0.15, 0.2) is 35.9 Å². The fourth-order valence-electron chi connectivity index (χ4n) is 3.30. The van der Waals surface area contributed by atoms with Crippen LogP contribution in [0.25, 0.3) is 0 Å². The minimum Gasteiger partial charge on any atom is -0.352 e. The Balaban J connectivity index is 1.77. The molecule has 0 aliphatic carbocycles. The predicted octanol–water partition coefficient (Wildman–Crippen LogP) is 0.978. The van der Waals surface area contributed by atoms with Crippen molar-refractivity contribution in [3.63, 3.8) is 0 Å². The Hall–Kier alpha value is -1.93. The summed E-state index contributed by atoms with van der Waals surface area (Å²) < 4.78 is 27.1. The molecule has 7 nitrogen and oxygen atoms in total. The number of fused-ring (bicyclic) bond motifs is 3. The fourth-order valence-corrected chi connectivity index (χ4v) is 4.64. The Morgan fingerprint density at radius 3 is 3.00 bits per heavy atom. The zero-order valence-electron chi connectivity index (χ0n) is 12.0. The summed E-state index contributed by atoms with van der Waals surface area (Å²) in [6.07, 6.45) is 6.81. The van der Waals surface area contributed by atoms with E-state index < -0.39 is 10.0 Å². The van der Waals surface area contributed by atoms with Crippen molar-refractivity contribution in [2.45, 2.75) is 30.6 Å². The molecule has 0 radical (unpaired) electrons. The number of hydrogen-bond acceptors (Lipinski definition) is 5. The molecule has 4 heterocycles. The normalized spacial score (nSPS) is 22.2. The first kappa shape index (κ1) is 13.7. The highest BCUT2D eigenvalue weighted by molar-refractivity contribution is 7.88. The monoisotopic (exact) mass is 319 g/mol. The van der Waals surface area contributed by atoms with E-state index in [9.17, 15) is 8.42 Å². The van der Waals surface area contributed by atoms with Crippen LogP contribution in [0.5, 0.6) is 0 Å². The molecule has 2 aromatic rings. The molecular formula is C14H17N5O2S. The van der Waals surface area contributed by atoms with Gasteiger partial charge in [0.25, 0.3) is 10.0 Å². The standard InChI is InChI=1S/C14H17N5O2S/c20-22(21,14-16-6-7-17-14)18-9-11-3-1-5-15-13(11)19-8-2-4-12(19)10-18/h1,3,5-7,12H,2,4,8-10H2,(H,16,17)/t12-/m1/s1. The van der Waals surface area contributed by atoms with Crippen molar-refractivity contribution in [2.24, 2.45) is 0 Å². The van der Waals surface area contributed by atoms with Crippen molar-refractivity contribution in [1.29, 1.82) is 0 Å². The first-order valence-corrected chi connectivity index (χ1v) is 8.80. The Labute approximate surface area is 129 Å². The summed E-state index contributed by atoms with van der Waals surface area (Å²) in [4.78, 5) is 13.4. The van der Waals surface area contributed by atoms with Crippen LogP contribution >= 0.6 is 0 Å². The van der Waals surface area contributed by atoms with Crippen LogP contribution in [0.3, 0.4) is 0 Å². The first-order chi connectivity index (χ1) is 10.7. The van der Waals surface area contributed by atoms with Gasteiger partial charge in [-0.1, -0.05) is 6.07 Å². The number of hydrogen-bond donors (Lipinski definition) is 1. The van der Waals surface area contributed by atoms with Crippen molar-refractivity contribution < 1.29 is 8.42 Å². The maximum atomic E-state index is 12.8. The lowest BCUT2D eigenvalue weighted by Crippen LogP contribution is -2.40. The number of anilines is 1. The van der Waals surface area contributed by atoms with Crippen molar-refractivity contribution in [1.82, 2.24) is 19.3 Å². The molecule has 1 atom stereocenters. The SMILES string of the molecule is O=S(=O)(c1ncc[nH]1)N1Cc2cccnc2N2CCC[C@@H]2C1. The van der Waals surface area contributed by atoms with Crippen LogP contribution in [-0.2, 0) is 16.6 Å². The van der Waals surface area contributed by atoms with E-state index in [1.165, 1.54) is 16.7 Å². The van der Waals surface area contributed by atoms with Crippen molar-refractivity contribution in [2.75, 3.05) is 18.0 Å². The van der Waals surface area contributed by atoms with Crippen LogP contribution in [0, 0.1) is 0 Å². The van der Waals surface area contributed by atoms with Crippen LogP contribution in [0.1, 0.15) is 18.4 Å². The molecule has 1 N–H and O–H groups in total. The van der Waals surface area contributed by atoms with Gasteiger partial charge in [-0.15, -0.1) is 0 Å². The smallest absolute Gasteiger partial charge is 0.277 e. The summed E-state index contributed by atoms with van der Waals surface area (Å²) in [6, 6.07) is 3.99. The summed E-state index contributed by atoms with van der Waals surface area (Å²) in [5.74, 6) is 0.919. The van der Waals surface area contributed by atoms with Gasteiger partial charge in [0.2, 0.25) is 5.16 Å². The minimum absolute atomic E-state index is 0.00406. The summed E-state index contributed by atoms with van der Waals surface area (Å²) in [7, 11) is -3.61. The molecular weight excluding hydrogens is 302 g/mol. The Kier molecular flexibility index (Phi) is 3.16. The quantitative estimate of drug-likeness (QED) is 0.892. The van der Waals surface area contributed by atoms with Gasteiger partial charge < -0.3 is 9.88 Å². The predicted molar refractivity (Wildman–Crippen MR) is 80.8 cm³/mol. The molecule has 0 saturated carbocycles. The minimum atomic E-state index is -3.61. The van der Waals surface area contributed by atoms with E-state index in [1.807, 2.05) is 12.1 Å². The lowest BCUT2D eigenvalue weighted by molar-refractivity contribution is 0.384. The van der Waals surface area contributed by atoms with Crippen molar-refractivity contribution >= 4 is 15.8 Å². The molecule has 0 bridgehead atoms. The molecule has 0 unspecified atom stereocenters. The topological polar surface area (TPSA) is 82.2 Å². The van der Waals surface area contributed by atoms with Crippen LogP contribution in [0.4, 0.5) is 5.82 Å². The largest absolute Gasteiger partial charge is 0.352 e. The summed E-state index contributed by atoms with van der Waals surface area (Å²) >= 11 is 0. The maximum Gasteiger partial charge on any atom is 0.277 e. The van der Waals surface area contributed by atoms with E-state index in [4.69, 9.17) is 0 Å². The summed E-state index contributed by atoms with van der Waals surface area (Å²) in [6.45, 7) is 1.74. The van der Waals surface area contributed by atoms with Gasteiger partial charge in [0, 0.05) is 49.8 Å². The molecule has 1 fully saturated rings. The first-order valence-electron chi connectivity index (χ1n) is 7.36. The Bertz CT molecular complexity index is 774. The molecule has 4 rings (SSSR count). The second-order valence-corrected chi connectivity index (χ2v) is 7.52. The number of rotatable bonds is 2.